The van der Waals surface area contributed by atoms with Crippen molar-refractivity contribution in [2.75, 3.05) is 0 Å². The highest BCUT2D eigenvalue weighted by atomic mass is 16.2. The van der Waals surface area contributed by atoms with Gasteiger partial charge in [0.2, 0.25) is 0 Å². The van der Waals surface area contributed by atoms with E-state index in [1.54, 1.807) is 11.8 Å². The lowest BCUT2D eigenvalue weighted by molar-refractivity contribution is -0.126. The van der Waals surface area contributed by atoms with Gasteiger partial charge >= 0.3 is 6.03 Å². The van der Waals surface area contributed by atoms with E-state index in [1.165, 1.54) is 0 Å². The Labute approximate surface area is 119 Å². The molecule has 2 rings (SSSR count). The number of hydrogen-bond acceptors (Lipinski definition) is 3. The molecule has 1 aromatic heterocycles. The maximum atomic E-state index is 12.0. The van der Waals surface area contributed by atoms with Crippen LogP contribution < -0.4 is 5.32 Å². The van der Waals surface area contributed by atoms with E-state index in [2.05, 4.69) is 10.4 Å². The second kappa shape index (κ2) is 5.26. The molecule has 1 saturated heterocycles. The smallest absolute Gasteiger partial charge is 0.304 e. The van der Waals surface area contributed by atoms with E-state index in [0.29, 0.717) is 13.0 Å². The van der Waals surface area contributed by atoms with Gasteiger partial charge in [0.25, 0.3) is 5.91 Å². The van der Waals surface area contributed by atoms with Crippen LogP contribution in [0, 0.1) is 0 Å². The number of aromatic nitrogens is 2. The van der Waals surface area contributed by atoms with Crippen molar-refractivity contribution in [2.45, 2.75) is 59.2 Å². The maximum Gasteiger partial charge on any atom is 0.325 e. The Morgan fingerprint density at radius 2 is 2.00 bits per heavy atom. The third kappa shape index (κ3) is 2.19. The summed E-state index contributed by atoms with van der Waals surface area (Å²) < 4.78 is 1.89. The molecule has 3 amide bonds. The van der Waals surface area contributed by atoms with Gasteiger partial charge < -0.3 is 4.90 Å². The van der Waals surface area contributed by atoms with E-state index in [-0.39, 0.29) is 11.9 Å². The molecule has 1 atom stereocenters. The maximum absolute atomic E-state index is 12.0. The van der Waals surface area contributed by atoms with Crippen LogP contribution in [0.15, 0.2) is 6.07 Å². The van der Waals surface area contributed by atoms with Crippen molar-refractivity contribution < 1.29 is 9.59 Å². The molecule has 110 valence electrons. The van der Waals surface area contributed by atoms with E-state index < -0.39 is 5.54 Å². The summed E-state index contributed by atoms with van der Waals surface area (Å²) in [6.07, 6.45) is 1.45. The van der Waals surface area contributed by atoms with Crippen molar-refractivity contribution in [2.24, 2.45) is 0 Å². The fourth-order valence-electron chi connectivity index (χ4n) is 2.49. The van der Waals surface area contributed by atoms with Crippen LogP contribution in [0.2, 0.25) is 0 Å². The van der Waals surface area contributed by atoms with Gasteiger partial charge in [0, 0.05) is 6.54 Å². The van der Waals surface area contributed by atoms with Crippen LogP contribution in [0.1, 0.15) is 45.5 Å². The molecule has 0 aromatic carbocycles. The van der Waals surface area contributed by atoms with Crippen molar-refractivity contribution >= 4 is 11.9 Å². The predicted octanol–water partition coefficient (Wildman–Crippen LogP) is 1.69. The molecule has 1 N–H and O–H groups in total. The molecule has 0 aliphatic carbocycles. The number of aryl methyl sites for hydroxylation is 2. The molecular formula is C14H22N4O2. The topological polar surface area (TPSA) is 67.2 Å². The Kier molecular flexibility index (Phi) is 3.83. The predicted molar refractivity (Wildman–Crippen MR) is 75.1 cm³/mol. The van der Waals surface area contributed by atoms with Gasteiger partial charge in [0.1, 0.15) is 5.54 Å². The second-order valence-electron chi connectivity index (χ2n) is 5.27. The summed E-state index contributed by atoms with van der Waals surface area (Å²) in [7, 11) is 0. The molecule has 1 fully saturated rings. The number of nitrogens with one attached hydrogen (secondary N) is 1. The average molecular weight is 278 g/mol. The summed E-state index contributed by atoms with van der Waals surface area (Å²) in [6.45, 7) is 8.95. The van der Waals surface area contributed by atoms with Gasteiger partial charge in [-0.3, -0.25) is 14.8 Å². The number of carbonyl (C=O) groups excluding carboxylic acids is 2. The fourth-order valence-corrected chi connectivity index (χ4v) is 2.49. The molecule has 0 spiro atoms. The molecule has 20 heavy (non-hydrogen) atoms. The Morgan fingerprint density at radius 1 is 1.30 bits per heavy atom. The SMILES string of the molecule is CCc1cc(CN2C(=O)NC(=O)C2(C)CC)n(CC)n1. The Bertz CT molecular complexity index is 537. The van der Waals surface area contributed by atoms with Crippen LogP contribution in [0.5, 0.6) is 0 Å². The Balaban J connectivity index is 2.30. The Hall–Kier alpha value is -1.85. The lowest BCUT2D eigenvalue weighted by Crippen LogP contribution is -2.46. The highest BCUT2D eigenvalue weighted by Crippen LogP contribution is 2.27. The zero-order valence-electron chi connectivity index (χ0n) is 12.6. The number of carbonyl (C=O) groups is 2. The largest absolute Gasteiger partial charge is 0.325 e. The fraction of sp³-hybridized carbons (Fsp3) is 0.643. The molecule has 2 heterocycles. The number of amides is 3. The van der Waals surface area contributed by atoms with Crippen LogP contribution in [0.25, 0.3) is 0 Å². The van der Waals surface area contributed by atoms with Crippen LogP contribution >= 0.6 is 0 Å². The van der Waals surface area contributed by atoms with E-state index in [0.717, 1.165) is 24.4 Å². The van der Waals surface area contributed by atoms with Gasteiger partial charge in [-0.15, -0.1) is 0 Å². The molecular weight excluding hydrogens is 256 g/mol. The van der Waals surface area contributed by atoms with Crippen LogP contribution in [0.4, 0.5) is 4.79 Å². The molecule has 0 bridgehead atoms. The molecule has 1 unspecified atom stereocenters. The molecule has 6 heteroatoms. The van der Waals surface area contributed by atoms with E-state index in [9.17, 15) is 9.59 Å². The van der Waals surface area contributed by atoms with E-state index in [1.807, 2.05) is 31.5 Å². The first-order chi connectivity index (χ1) is 9.46. The monoisotopic (exact) mass is 278 g/mol. The highest BCUT2D eigenvalue weighted by molar-refractivity contribution is 6.06. The molecule has 0 radical (unpaired) electrons. The van der Waals surface area contributed by atoms with Crippen molar-refractivity contribution in [1.29, 1.82) is 0 Å². The van der Waals surface area contributed by atoms with Crippen molar-refractivity contribution in [3.63, 3.8) is 0 Å². The van der Waals surface area contributed by atoms with Gasteiger partial charge in [0.15, 0.2) is 0 Å². The average Bonchev–Trinajstić information content (AvgIpc) is 2.93. The third-order valence-corrected chi connectivity index (χ3v) is 4.13. The van der Waals surface area contributed by atoms with Crippen molar-refractivity contribution in [3.8, 4) is 0 Å². The molecule has 6 nitrogen and oxygen atoms in total. The lowest BCUT2D eigenvalue weighted by Gasteiger charge is -2.30. The molecule has 1 aromatic rings. The Morgan fingerprint density at radius 3 is 2.55 bits per heavy atom. The first-order valence-electron chi connectivity index (χ1n) is 7.14. The number of imide groups is 1. The van der Waals surface area contributed by atoms with Crippen molar-refractivity contribution in [3.05, 3.63) is 17.5 Å². The highest BCUT2D eigenvalue weighted by Gasteiger charge is 2.48. The summed E-state index contributed by atoms with van der Waals surface area (Å²) in [6, 6.07) is 1.69. The van der Waals surface area contributed by atoms with Gasteiger partial charge in [-0.05, 0) is 32.8 Å². The first kappa shape index (κ1) is 14.6. The lowest BCUT2D eigenvalue weighted by atomic mass is 9.97. The third-order valence-electron chi connectivity index (χ3n) is 4.13. The number of hydrogen-bond donors (Lipinski definition) is 1. The van der Waals surface area contributed by atoms with Gasteiger partial charge in [0.05, 0.1) is 17.9 Å². The van der Waals surface area contributed by atoms with E-state index >= 15 is 0 Å². The summed E-state index contributed by atoms with van der Waals surface area (Å²) >= 11 is 0. The second-order valence-corrected chi connectivity index (χ2v) is 5.27. The van der Waals surface area contributed by atoms with Crippen LogP contribution in [-0.4, -0.2) is 32.2 Å². The number of urea groups is 1. The first-order valence-corrected chi connectivity index (χ1v) is 7.14. The van der Waals surface area contributed by atoms with Gasteiger partial charge in [-0.2, -0.15) is 5.10 Å². The molecule has 0 saturated carbocycles. The van der Waals surface area contributed by atoms with Crippen LogP contribution in [0.3, 0.4) is 0 Å². The van der Waals surface area contributed by atoms with E-state index in [4.69, 9.17) is 0 Å². The van der Waals surface area contributed by atoms with Crippen molar-refractivity contribution in [1.82, 2.24) is 20.0 Å². The summed E-state index contributed by atoms with van der Waals surface area (Å²) in [4.78, 5) is 25.6. The minimum absolute atomic E-state index is 0.219. The minimum Gasteiger partial charge on any atom is -0.304 e. The quantitative estimate of drug-likeness (QED) is 0.833. The van der Waals surface area contributed by atoms with Gasteiger partial charge in [-0.25, -0.2) is 4.79 Å². The normalized spacial score (nSPS) is 22.5. The molecule has 1 aliphatic rings. The summed E-state index contributed by atoms with van der Waals surface area (Å²) in [5.41, 5.74) is 1.20. The van der Waals surface area contributed by atoms with Gasteiger partial charge in [-0.1, -0.05) is 13.8 Å². The summed E-state index contributed by atoms with van der Waals surface area (Å²) in [5.74, 6) is -0.219. The van der Waals surface area contributed by atoms with Crippen LogP contribution in [-0.2, 0) is 24.3 Å². The molecule has 1 aliphatic heterocycles. The summed E-state index contributed by atoms with van der Waals surface area (Å²) in [5, 5.41) is 6.89. The standard InChI is InChI=1S/C14H22N4O2/c1-5-10-8-11(18(7-3)16-10)9-17-13(20)15-12(19)14(17,4)6-2/h8H,5-7,9H2,1-4H3,(H,15,19,20). The zero-order chi connectivity index (χ0) is 14.9. The number of nitrogens with zero attached hydrogens (tertiary/aromatic N) is 3. The minimum atomic E-state index is -0.772. The number of rotatable bonds is 5. The zero-order valence-corrected chi connectivity index (χ0v) is 12.6.